The van der Waals surface area contributed by atoms with E-state index in [1.54, 1.807) is 25.4 Å². The van der Waals surface area contributed by atoms with Crippen molar-refractivity contribution < 1.29 is 18.7 Å². The van der Waals surface area contributed by atoms with Gasteiger partial charge in [-0.2, -0.15) is 5.10 Å². The lowest BCUT2D eigenvalue weighted by atomic mass is 10.2. The van der Waals surface area contributed by atoms with E-state index >= 15 is 0 Å². The molecule has 0 N–H and O–H groups in total. The van der Waals surface area contributed by atoms with Crippen molar-refractivity contribution in [2.24, 2.45) is 0 Å². The number of ether oxygens (including phenoxy) is 2. The molecule has 2 heterocycles. The Kier molecular flexibility index (Phi) is 3.92. The predicted molar refractivity (Wildman–Crippen MR) is 79.8 cm³/mol. The summed E-state index contributed by atoms with van der Waals surface area (Å²) in [7, 11) is 1.47. The van der Waals surface area contributed by atoms with Gasteiger partial charge in [-0.25, -0.2) is 18.7 Å². The molecular formula is C16H14FN3O3. The predicted octanol–water partition coefficient (Wildman–Crippen LogP) is 2.54. The first-order chi connectivity index (χ1) is 11.1. The number of benzene rings is 1. The number of carbonyl (C=O) groups is 1. The molecule has 0 bridgehead atoms. The number of aryl methyl sites for hydroxylation is 1. The minimum atomic E-state index is -0.567. The molecule has 0 amide bonds. The van der Waals surface area contributed by atoms with Crippen LogP contribution < -0.4 is 4.74 Å². The second-order valence-electron chi connectivity index (χ2n) is 4.88. The molecule has 0 saturated heterocycles. The average Bonchev–Trinajstić information content (AvgIpc) is 2.88. The maximum atomic E-state index is 13.3. The molecule has 0 atom stereocenters. The van der Waals surface area contributed by atoms with Gasteiger partial charge in [0.05, 0.1) is 12.8 Å². The first kappa shape index (κ1) is 15.0. The minimum absolute atomic E-state index is 0.108. The summed E-state index contributed by atoms with van der Waals surface area (Å²) >= 11 is 0. The summed E-state index contributed by atoms with van der Waals surface area (Å²) in [5, 5.41) is 4.21. The number of hydrogen-bond acceptors (Lipinski definition) is 5. The summed E-state index contributed by atoms with van der Waals surface area (Å²) in [4.78, 5) is 16.5. The largest absolute Gasteiger partial charge is 0.496 e. The maximum absolute atomic E-state index is 13.3. The highest BCUT2D eigenvalue weighted by atomic mass is 19.1. The molecule has 23 heavy (non-hydrogen) atoms. The van der Waals surface area contributed by atoms with Crippen molar-refractivity contribution in [1.82, 2.24) is 14.6 Å². The number of methoxy groups -OCH3 is 1. The van der Waals surface area contributed by atoms with Gasteiger partial charge in [0.1, 0.15) is 23.7 Å². The third-order valence-electron chi connectivity index (χ3n) is 3.38. The van der Waals surface area contributed by atoms with Crippen molar-refractivity contribution in [3.63, 3.8) is 0 Å². The van der Waals surface area contributed by atoms with E-state index in [9.17, 15) is 9.18 Å². The number of rotatable bonds is 4. The molecule has 1 aromatic carbocycles. The Balaban J connectivity index is 1.85. The van der Waals surface area contributed by atoms with Crippen LogP contribution in [0.5, 0.6) is 5.75 Å². The highest BCUT2D eigenvalue weighted by molar-refractivity contribution is 5.97. The Morgan fingerprint density at radius 3 is 3.00 bits per heavy atom. The summed E-state index contributed by atoms with van der Waals surface area (Å²) in [6.45, 7) is 1.59. The van der Waals surface area contributed by atoms with Gasteiger partial charge in [-0.1, -0.05) is 0 Å². The lowest BCUT2D eigenvalue weighted by molar-refractivity contribution is 0.0471. The van der Waals surface area contributed by atoms with Gasteiger partial charge < -0.3 is 9.47 Å². The Morgan fingerprint density at radius 2 is 2.22 bits per heavy atom. The van der Waals surface area contributed by atoms with Crippen LogP contribution in [0.25, 0.3) is 5.65 Å². The van der Waals surface area contributed by atoms with Crippen molar-refractivity contribution in [2.75, 3.05) is 7.11 Å². The van der Waals surface area contributed by atoms with E-state index in [2.05, 4.69) is 10.1 Å². The van der Waals surface area contributed by atoms with Gasteiger partial charge in [0.15, 0.2) is 5.65 Å². The Hall–Kier alpha value is -2.96. The zero-order valence-corrected chi connectivity index (χ0v) is 12.6. The van der Waals surface area contributed by atoms with E-state index in [4.69, 9.17) is 9.47 Å². The van der Waals surface area contributed by atoms with E-state index < -0.39 is 11.8 Å². The highest BCUT2D eigenvalue weighted by Gasteiger charge is 2.20. The Labute approximate surface area is 131 Å². The topological polar surface area (TPSA) is 65.7 Å². The molecule has 0 aliphatic rings. The normalized spacial score (nSPS) is 10.7. The van der Waals surface area contributed by atoms with Gasteiger partial charge in [0.25, 0.3) is 0 Å². The molecule has 0 radical (unpaired) electrons. The van der Waals surface area contributed by atoms with Crippen LogP contribution in [-0.4, -0.2) is 27.7 Å². The first-order valence-electron chi connectivity index (χ1n) is 6.89. The molecular weight excluding hydrogens is 301 g/mol. The van der Waals surface area contributed by atoms with Crippen molar-refractivity contribution in [2.45, 2.75) is 13.5 Å². The number of carbonyl (C=O) groups excluding carboxylic acids is 1. The van der Waals surface area contributed by atoms with Crippen molar-refractivity contribution in [3.8, 4) is 5.75 Å². The van der Waals surface area contributed by atoms with Crippen LogP contribution in [0.2, 0.25) is 0 Å². The van der Waals surface area contributed by atoms with E-state index in [0.717, 1.165) is 0 Å². The number of aromatic nitrogens is 3. The van der Waals surface area contributed by atoms with Crippen molar-refractivity contribution >= 4 is 11.6 Å². The fraction of sp³-hybridized carbons (Fsp3) is 0.188. The average molecular weight is 315 g/mol. The minimum Gasteiger partial charge on any atom is -0.496 e. The first-order valence-corrected chi connectivity index (χ1v) is 6.89. The highest BCUT2D eigenvalue weighted by Crippen LogP contribution is 2.21. The van der Waals surface area contributed by atoms with E-state index in [1.165, 1.54) is 29.8 Å². The number of esters is 1. The zero-order valence-electron chi connectivity index (χ0n) is 12.6. The molecule has 0 aliphatic carbocycles. The summed E-state index contributed by atoms with van der Waals surface area (Å²) < 4.78 is 25.3. The molecule has 6 nitrogen and oxygen atoms in total. The molecule has 7 heteroatoms. The molecule has 0 saturated carbocycles. The molecule has 3 aromatic rings. The number of halogens is 1. The van der Waals surface area contributed by atoms with Gasteiger partial charge >= 0.3 is 5.97 Å². The van der Waals surface area contributed by atoms with E-state index in [-0.39, 0.29) is 6.61 Å². The second kappa shape index (κ2) is 6.04. The monoisotopic (exact) mass is 315 g/mol. The summed E-state index contributed by atoms with van der Waals surface area (Å²) in [6, 6.07) is 5.75. The fourth-order valence-corrected chi connectivity index (χ4v) is 2.31. The summed E-state index contributed by atoms with van der Waals surface area (Å²) in [5.41, 5.74) is 1.67. The molecule has 0 aliphatic heterocycles. The maximum Gasteiger partial charge on any atom is 0.344 e. The molecule has 0 fully saturated rings. The Bertz CT molecular complexity index is 876. The van der Waals surface area contributed by atoms with Gasteiger partial charge in [-0.05, 0) is 31.2 Å². The quantitative estimate of drug-likeness (QED) is 0.692. The van der Waals surface area contributed by atoms with Crippen LogP contribution in [0, 0.1) is 12.7 Å². The van der Waals surface area contributed by atoms with Crippen LogP contribution in [-0.2, 0) is 11.3 Å². The van der Waals surface area contributed by atoms with E-state index in [1.807, 2.05) is 0 Å². The van der Waals surface area contributed by atoms with Crippen LogP contribution in [0.1, 0.15) is 21.6 Å². The van der Waals surface area contributed by atoms with Crippen molar-refractivity contribution in [1.29, 1.82) is 0 Å². The number of hydrogen-bond donors (Lipinski definition) is 0. The molecule has 2 aromatic heterocycles. The van der Waals surface area contributed by atoms with Crippen LogP contribution >= 0.6 is 0 Å². The molecule has 0 unspecified atom stereocenters. The number of fused-ring (bicyclic) bond motifs is 1. The second-order valence-corrected chi connectivity index (χ2v) is 4.88. The molecule has 118 valence electrons. The smallest absolute Gasteiger partial charge is 0.344 e. The summed E-state index contributed by atoms with van der Waals surface area (Å²) in [6.07, 6.45) is 3.27. The van der Waals surface area contributed by atoms with Crippen molar-refractivity contribution in [3.05, 3.63) is 59.3 Å². The lowest BCUT2D eigenvalue weighted by Crippen LogP contribution is -2.08. The van der Waals surface area contributed by atoms with Gasteiger partial charge in [-0.15, -0.1) is 0 Å². The number of nitrogens with zero attached hydrogens (tertiary/aromatic N) is 3. The zero-order chi connectivity index (χ0) is 16.4. The van der Waals surface area contributed by atoms with Crippen LogP contribution in [0.15, 0.2) is 36.7 Å². The van der Waals surface area contributed by atoms with Crippen LogP contribution in [0.4, 0.5) is 4.39 Å². The third kappa shape index (κ3) is 2.85. The SMILES string of the molecule is COc1ccc(F)cc1COC(=O)c1c(C)nn2cccnc12. The van der Waals surface area contributed by atoms with E-state index in [0.29, 0.717) is 28.2 Å². The van der Waals surface area contributed by atoms with Gasteiger partial charge in [-0.3, -0.25) is 0 Å². The molecule has 3 rings (SSSR count). The lowest BCUT2D eigenvalue weighted by Gasteiger charge is -2.09. The third-order valence-corrected chi connectivity index (χ3v) is 3.38. The Morgan fingerprint density at radius 1 is 1.39 bits per heavy atom. The standard InChI is InChI=1S/C16H14FN3O3/c1-10-14(15-18-6-3-7-20(15)19-10)16(21)23-9-11-8-12(17)4-5-13(11)22-2/h3-8H,9H2,1-2H3. The molecule has 0 spiro atoms. The summed E-state index contributed by atoms with van der Waals surface area (Å²) in [5.74, 6) is -0.540. The van der Waals surface area contributed by atoms with Gasteiger partial charge in [0.2, 0.25) is 0 Å². The van der Waals surface area contributed by atoms with Gasteiger partial charge in [0, 0.05) is 18.0 Å². The fourth-order valence-electron chi connectivity index (χ4n) is 2.31. The van der Waals surface area contributed by atoms with Crippen LogP contribution in [0.3, 0.4) is 0 Å².